The first-order valence-corrected chi connectivity index (χ1v) is 4.83. The number of rotatable bonds is 1. The topological polar surface area (TPSA) is 51.8 Å². The molecule has 1 aromatic heterocycles. The van der Waals surface area contributed by atoms with E-state index in [9.17, 15) is 0 Å². The molecule has 15 heavy (non-hydrogen) atoms. The van der Waals surface area contributed by atoms with Gasteiger partial charge < -0.3 is 5.73 Å². The van der Waals surface area contributed by atoms with Crippen molar-refractivity contribution in [2.45, 2.75) is 13.8 Å². The lowest BCUT2D eigenvalue weighted by Gasteiger charge is -2.03. The van der Waals surface area contributed by atoms with E-state index >= 15 is 0 Å². The Labute approximate surface area is 89.0 Å². The molecule has 0 amide bonds. The van der Waals surface area contributed by atoms with Gasteiger partial charge in [-0.3, -0.25) is 0 Å². The maximum atomic E-state index is 5.72. The third kappa shape index (κ3) is 2.13. The van der Waals surface area contributed by atoms with Crippen LogP contribution in [0.25, 0.3) is 11.4 Å². The largest absolute Gasteiger partial charge is 0.399 e. The lowest BCUT2D eigenvalue weighted by atomic mass is 10.2. The standard InChI is InChI=1S/C12H13N3/c1-8-6-9(2)15-12(14-8)10-4-3-5-11(13)7-10/h3-7H,13H2,1-2H3. The van der Waals surface area contributed by atoms with Crippen LogP contribution in [0.5, 0.6) is 0 Å². The summed E-state index contributed by atoms with van der Waals surface area (Å²) in [5.41, 5.74) is 9.35. The summed E-state index contributed by atoms with van der Waals surface area (Å²) < 4.78 is 0. The Morgan fingerprint density at radius 2 is 1.67 bits per heavy atom. The number of hydrogen-bond acceptors (Lipinski definition) is 3. The van der Waals surface area contributed by atoms with Crippen LogP contribution in [0.15, 0.2) is 30.3 Å². The van der Waals surface area contributed by atoms with Crippen molar-refractivity contribution in [2.75, 3.05) is 5.73 Å². The summed E-state index contributed by atoms with van der Waals surface area (Å²) in [5.74, 6) is 0.736. The third-order valence-corrected chi connectivity index (χ3v) is 2.13. The molecule has 0 aliphatic carbocycles. The van der Waals surface area contributed by atoms with Gasteiger partial charge in [0.25, 0.3) is 0 Å². The Kier molecular flexibility index (Phi) is 2.37. The fourth-order valence-corrected chi connectivity index (χ4v) is 1.53. The third-order valence-electron chi connectivity index (χ3n) is 2.13. The van der Waals surface area contributed by atoms with Gasteiger partial charge in [-0.15, -0.1) is 0 Å². The van der Waals surface area contributed by atoms with Crippen LogP contribution >= 0.6 is 0 Å². The van der Waals surface area contributed by atoms with Crippen LogP contribution in [0, 0.1) is 13.8 Å². The fraction of sp³-hybridized carbons (Fsp3) is 0.167. The lowest BCUT2D eigenvalue weighted by Crippen LogP contribution is -1.95. The second kappa shape index (κ2) is 3.69. The van der Waals surface area contributed by atoms with Crippen molar-refractivity contribution in [1.29, 1.82) is 0 Å². The fourth-order valence-electron chi connectivity index (χ4n) is 1.53. The highest BCUT2D eigenvalue weighted by molar-refractivity contribution is 5.61. The Hall–Kier alpha value is -1.90. The normalized spacial score (nSPS) is 10.3. The first-order chi connectivity index (χ1) is 7.15. The van der Waals surface area contributed by atoms with E-state index in [4.69, 9.17) is 5.73 Å². The van der Waals surface area contributed by atoms with Gasteiger partial charge in [-0.05, 0) is 32.0 Å². The molecule has 3 nitrogen and oxygen atoms in total. The zero-order valence-corrected chi connectivity index (χ0v) is 8.86. The molecule has 0 fully saturated rings. The van der Waals surface area contributed by atoms with Crippen LogP contribution in [0.1, 0.15) is 11.4 Å². The molecule has 0 bridgehead atoms. The summed E-state index contributed by atoms with van der Waals surface area (Å²) in [4.78, 5) is 8.76. The molecule has 2 rings (SSSR count). The summed E-state index contributed by atoms with van der Waals surface area (Å²) in [7, 11) is 0. The molecule has 76 valence electrons. The minimum absolute atomic E-state index is 0.732. The molecule has 2 N–H and O–H groups in total. The molecule has 1 aromatic carbocycles. The summed E-state index contributed by atoms with van der Waals surface area (Å²) in [5, 5.41) is 0. The minimum Gasteiger partial charge on any atom is -0.399 e. The second-order valence-electron chi connectivity index (χ2n) is 3.60. The first kappa shape index (κ1) is 9.65. The number of aryl methyl sites for hydroxylation is 2. The van der Waals surface area contributed by atoms with Crippen LogP contribution in [0.2, 0.25) is 0 Å². The van der Waals surface area contributed by atoms with Gasteiger partial charge in [0.15, 0.2) is 5.82 Å². The van der Waals surface area contributed by atoms with E-state index in [1.165, 1.54) is 0 Å². The SMILES string of the molecule is Cc1cc(C)nc(-c2cccc(N)c2)n1. The van der Waals surface area contributed by atoms with Crippen molar-refractivity contribution in [3.63, 3.8) is 0 Å². The molecule has 0 aliphatic heterocycles. The Bertz CT molecular complexity index is 472. The van der Waals surface area contributed by atoms with Gasteiger partial charge in [0.05, 0.1) is 0 Å². The Balaban J connectivity index is 2.54. The van der Waals surface area contributed by atoms with Crippen molar-refractivity contribution in [3.8, 4) is 11.4 Å². The van der Waals surface area contributed by atoms with E-state index in [1.807, 2.05) is 44.2 Å². The van der Waals surface area contributed by atoms with E-state index in [1.54, 1.807) is 0 Å². The monoisotopic (exact) mass is 199 g/mol. The summed E-state index contributed by atoms with van der Waals surface area (Å²) in [6.07, 6.45) is 0. The quantitative estimate of drug-likeness (QED) is 0.717. The molecule has 0 spiro atoms. The van der Waals surface area contributed by atoms with Crippen LogP contribution in [-0.2, 0) is 0 Å². The summed E-state index contributed by atoms with van der Waals surface area (Å²) in [6.45, 7) is 3.93. The average molecular weight is 199 g/mol. The highest BCUT2D eigenvalue weighted by atomic mass is 14.9. The van der Waals surface area contributed by atoms with Crippen molar-refractivity contribution in [2.24, 2.45) is 0 Å². The molecule has 0 atom stereocenters. The number of aromatic nitrogens is 2. The van der Waals surface area contributed by atoms with Crippen LogP contribution in [0.4, 0.5) is 5.69 Å². The first-order valence-electron chi connectivity index (χ1n) is 4.83. The molecule has 3 heteroatoms. The zero-order chi connectivity index (χ0) is 10.8. The predicted octanol–water partition coefficient (Wildman–Crippen LogP) is 2.34. The van der Waals surface area contributed by atoms with E-state index in [0.29, 0.717) is 0 Å². The van der Waals surface area contributed by atoms with Crippen molar-refractivity contribution in [3.05, 3.63) is 41.7 Å². The van der Waals surface area contributed by atoms with Crippen molar-refractivity contribution < 1.29 is 0 Å². The van der Waals surface area contributed by atoms with Crippen molar-refractivity contribution in [1.82, 2.24) is 9.97 Å². The molecule has 0 aliphatic rings. The maximum Gasteiger partial charge on any atom is 0.159 e. The van der Waals surface area contributed by atoms with Gasteiger partial charge in [0.1, 0.15) is 0 Å². The number of nitrogen functional groups attached to an aromatic ring is 1. The number of nitrogens with zero attached hydrogens (tertiary/aromatic N) is 2. The van der Waals surface area contributed by atoms with Crippen molar-refractivity contribution >= 4 is 5.69 Å². The molecular formula is C12H13N3. The van der Waals surface area contributed by atoms with E-state index in [2.05, 4.69) is 9.97 Å². The van der Waals surface area contributed by atoms with Crippen LogP contribution in [0.3, 0.4) is 0 Å². The molecule has 1 heterocycles. The number of hydrogen-bond donors (Lipinski definition) is 1. The molecule has 0 saturated heterocycles. The minimum atomic E-state index is 0.732. The van der Waals surface area contributed by atoms with Crippen LogP contribution < -0.4 is 5.73 Å². The van der Waals surface area contributed by atoms with Gasteiger partial charge in [-0.2, -0.15) is 0 Å². The summed E-state index contributed by atoms with van der Waals surface area (Å²) in [6, 6.07) is 9.56. The van der Waals surface area contributed by atoms with Gasteiger partial charge in [-0.25, -0.2) is 9.97 Å². The van der Waals surface area contributed by atoms with E-state index < -0.39 is 0 Å². The average Bonchev–Trinajstić information content (AvgIpc) is 2.16. The zero-order valence-electron chi connectivity index (χ0n) is 8.86. The van der Waals surface area contributed by atoms with Gasteiger partial charge in [-0.1, -0.05) is 12.1 Å². The Morgan fingerprint density at radius 1 is 1.00 bits per heavy atom. The summed E-state index contributed by atoms with van der Waals surface area (Å²) >= 11 is 0. The molecule has 2 aromatic rings. The molecule has 0 saturated carbocycles. The van der Waals surface area contributed by atoms with Gasteiger partial charge in [0.2, 0.25) is 0 Å². The van der Waals surface area contributed by atoms with E-state index in [-0.39, 0.29) is 0 Å². The van der Waals surface area contributed by atoms with E-state index in [0.717, 1.165) is 28.5 Å². The number of nitrogens with two attached hydrogens (primary N) is 1. The smallest absolute Gasteiger partial charge is 0.159 e. The second-order valence-corrected chi connectivity index (χ2v) is 3.60. The molecule has 0 unspecified atom stereocenters. The highest BCUT2D eigenvalue weighted by Crippen LogP contribution is 2.18. The van der Waals surface area contributed by atoms with Crippen LogP contribution in [-0.4, -0.2) is 9.97 Å². The van der Waals surface area contributed by atoms with Gasteiger partial charge in [0, 0.05) is 22.6 Å². The number of anilines is 1. The number of benzene rings is 1. The molecule has 0 radical (unpaired) electrons. The maximum absolute atomic E-state index is 5.72. The predicted molar refractivity (Wildman–Crippen MR) is 61.4 cm³/mol. The molecular weight excluding hydrogens is 186 g/mol. The Morgan fingerprint density at radius 3 is 2.27 bits per heavy atom. The lowest BCUT2D eigenvalue weighted by molar-refractivity contribution is 1.06. The highest BCUT2D eigenvalue weighted by Gasteiger charge is 2.02. The van der Waals surface area contributed by atoms with Gasteiger partial charge >= 0.3 is 0 Å².